The van der Waals surface area contributed by atoms with Crippen molar-refractivity contribution >= 4 is 17.7 Å². The number of carboxylic acids is 1. The third-order valence-corrected chi connectivity index (χ3v) is 4.53. The van der Waals surface area contributed by atoms with Gasteiger partial charge in [-0.05, 0) is 31.9 Å². The second-order valence-corrected chi connectivity index (χ2v) is 6.73. The molecule has 1 aliphatic carbocycles. The SMILES string of the molecule is CC(=O)c1ccc(-c2ccc(C(=O)N(CC(C)C(=O)O)C3CC3)o2)cc1. The molecule has 0 bridgehead atoms. The molecular formula is C20H21NO5. The van der Waals surface area contributed by atoms with Gasteiger partial charge in [-0.25, -0.2) is 0 Å². The first-order chi connectivity index (χ1) is 12.4. The van der Waals surface area contributed by atoms with Gasteiger partial charge in [-0.15, -0.1) is 0 Å². The molecule has 0 spiro atoms. The van der Waals surface area contributed by atoms with Crippen molar-refractivity contribution in [3.63, 3.8) is 0 Å². The highest BCUT2D eigenvalue weighted by Crippen LogP contribution is 2.30. The number of carboxylic acid groups (broad SMARTS) is 1. The minimum absolute atomic E-state index is 0.0144. The number of amides is 1. The molecule has 1 aromatic carbocycles. The highest BCUT2D eigenvalue weighted by molar-refractivity contribution is 5.95. The van der Waals surface area contributed by atoms with E-state index in [4.69, 9.17) is 9.52 Å². The molecule has 136 valence electrons. The van der Waals surface area contributed by atoms with E-state index in [9.17, 15) is 14.4 Å². The van der Waals surface area contributed by atoms with Crippen molar-refractivity contribution in [1.29, 1.82) is 0 Å². The standard InChI is InChI=1S/C20H21NO5/c1-12(20(24)25)11-21(16-7-8-16)19(23)18-10-9-17(26-18)15-5-3-14(4-6-15)13(2)22/h3-6,9-10,12,16H,7-8,11H2,1-2H3,(H,24,25). The molecule has 0 radical (unpaired) electrons. The lowest BCUT2D eigenvalue weighted by molar-refractivity contribution is -0.141. The molecular weight excluding hydrogens is 334 g/mol. The van der Waals surface area contributed by atoms with E-state index in [2.05, 4.69) is 0 Å². The van der Waals surface area contributed by atoms with Gasteiger partial charge in [0.2, 0.25) is 0 Å². The number of carbonyl (C=O) groups is 3. The predicted octanol–water partition coefficient (Wildman–Crippen LogP) is 3.47. The number of hydrogen-bond donors (Lipinski definition) is 1. The maximum absolute atomic E-state index is 12.8. The lowest BCUT2D eigenvalue weighted by Crippen LogP contribution is -2.38. The van der Waals surface area contributed by atoms with E-state index in [1.54, 1.807) is 48.2 Å². The number of hydrogen-bond acceptors (Lipinski definition) is 4. The van der Waals surface area contributed by atoms with Crippen molar-refractivity contribution in [3.05, 3.63) is 47.7 Å². The Morgan fingerprint density at radius 2 is 1.81 bits per heavy atom. The summed E-state index contributed by atoms with van der Waals surface area (Å²) >= 11 is 0. The molecule has 1 heterocycles. The largest absolute Gasteiger partial charge is 0.481 e. The predicted molar refractivity (Wildman–Crippen MR) is 95.0 cm³/mol. The Kier molecular flexibility index (Phi) is 4.93. The van der Waals surface area contributed by atoms with Gasteiger partial charge in [-0.2, -0.15) is 0 Å². The van der Waals surface area contributed by atoms with Crippen LogP contribution < -0.4 is 0 Å². The van der Waals surface area contributed by atoms with Crippen LogP contribution in [0.2, 0.25) is 0 Å². The first-order valence-electron chi connectivity index (χ1n) is 8.62. The van der Waals surface area contributed by atoms with Crippen molar-refractivity contribution in [2.45, 2.75) is 32.7 Å². The zero-order chi connectivity index (χ0) is 18.8. The Labute approximate surface area is 151 Å². The monoisotopic (exact) mass is 355 g/mol. The van der Waals surface area contributed by atoms with E-state index in [0.29, 0.717) is 11.3 Å². The Balaban J connectivity index is 1.78. The van der Waals surface area contributed by atoms with Gasteiger partial charge in [0.25, 0.3) is 5.91 Å². The molecule has 2 aromatic rings. The molecule has 26 heavy (non-hydrogen) atoms. The average molecular weight is 355 g/mol. The van der Waals surface area contributed by atoms with E-state index in [0.717, 1.165) is 18.4 Å². The number of aliphatic carboxylic acids is 1. The van der Waals surface area contributed by atoms with Gasteiger partial charge >= 0.3 is 5.97 Å². The second kappa shape index (κ2) is 7.15. The van der Waals surface area contributed by atoms with Gasteiger partial charge < -0.3 is 14.4 Å². The molecule has 6 nitrogen and oxygen atoms in total. The number of carbonyl (C=O) groups excluding carboxylic acids is 2. The van der Waals surface area contributed by atoms with Crippen LogP contribution in [0.25, 0.3) is 11.3 Å². The Morgan fingerprint density at radius 3 is 2.35 bits per heavy atom. The summed E-state index contributed by atoms with van der Waals surface area (Å²) in [6, 6.07) is 10.4. The second-order valence-electron chi connectivity index (χ2n) is 6.73. The van der Waals surface area contributed by atoms with Crippen LogP contribution in [0.4, 0.5) is 0 Å². The number of nitrogens with zero attached hydrogens (tertiary/aromatic N) is 1. The van der Waals surface area contributed by atoms with E-state index in [1.807, 2.05) is 0 Å². The summed E-state index contributed by atoms with van der Waals surface area (Å²) in [6.07, 6.45) is 1.77. The summed E-state index contributed by atoms with van der Waals surface area (Å²) in [4.78, 5) is 36.8. The number of ketones is 1. The minimum Gasteiger partial charge on any atom is -0.481 e. The fourth-order valence-electron chi connectivity index (χ4n) is 2.78. The average Bonchev–Trinajstić information content (AvgIpc) is 3.34. The molecule has 3 rings (SSSR count). The minimum atomic E-state index is -0.922. The third-order valence-electron chi connectivity index (χ3n) is 4.53. The molecule has 1 atom stereocenters. The van der Waals surface area contributed by atoms with Crippen molar-refractivity contribution in [3.8, 4) is 11.3 Å². The topological polar surface area (TPSA) is 87.8 Å². The quantitative estimate of drug-likeness (QED) is 0.768. The summed E-state index contributed by atoms with van der Waals surface area (Å²) in [5.74, 6) is -1.13. The number of Topliss-reactive ketones (excluding diaryl/α,β-unsaturated/α-hetero) is 1. The van der Waals surface area contributed by atoms with E-state index >= 15 is 0 Å². The number of benzene rings is 1. The van der Waals surface area contributed by atoms with E-state index < -0.39 is 11.9 Å². The van der Waals surface area contributed by atoms with Crippen LogP contribution in [-0.4, -0.2) is 40.3 Å². The molecule has 1 amide bonds. The fourth-order valence-corrected chi connectivity index (χ4v) is 2.78. The zero-order valence-corrected chi connectivity index (χ0v) is 14.8. The third kappa shape index (κ3) is 3.85. The molecule has 0 saturated heterocycles. The normalized spacial score (nSPS) is 14.7. The lowest BCUT2D eigenvalue weighted by atomic mass is 10.1. The Hall–Kier alpha value is -2.89. The summed E-state index contributed by atoms with van der Waals surface area (Å²) in [5, 5.41) is 9.11. The maximum Gasteiger partial charge on any atom is 0.308 e. The molecule has 1 saturated carbocycles. The molecule has 6 heteroatoms. The van der Waals surface area contributed by atoms with E-state index in [1.165, 1.54) is 6.92 Å². The molecule has 1 N–H and O–H groups in total. The molecule has 1 unspecified atom stereocenters. The van der Waals surface area contributed by atoms with Crippen LogP contribution in [0.5, 0.6) is 0 Å². The van der Waals surface area contributed by atoms with Gasteiger partial charge in [0.15, 0.2) is 11.5 Å². The maximum atomic E-state index is 12.8. The van der Waals surface area contributed by atoms with Crippen LogP contribution in [0.1, 0.15) is 47.6 Å². The summed E-state index contributed by atoms with van der Waals surface area (Å²) in [5.41, 5.74) is 1.38. The molecule has 0 aliphatic heterocycles. The van der Waals surface area contributed by atoms with Crippen LogP contribution in [0, 0.1) is 5.92 Å². The molecule has 1 aromatic heterocycles. The van der Waals surface area contributed by atoms with Crippen molar-refractivity contribution in [1.82, 2.24) is 4.90 Å². The fraction of sp³-hybridized carbons (Fsp3) is 0.350. The van der Waals surface area contributed by atoms with Gasteiger partial charge in [0.05, 0.1) is 5.92 Å². The highest BCUT2D eigenvalue weighted by Gasteiger charge is 2.36. The Bertz CT molecular complexity index is 832. The van der Waals surface area contributed by atoms with Crippen LogP contribution in [0.3, 0.4) is 0 Å². The van der Waals surface area contributed by atoms with Gasteiger partial charge in [-0.1, -0.05) is 31.2 Å². The summed E-state index contributed by atoms with van der Waals surface area (Å²) in [6.45, 7) is 3.26. The van der Waals surface area contributed by atoms with Gasteiger partial charge in [0.1, 0.15) is 5.76 Å². The molecule has 1 fully saturated rings. The molecule has 1 aliphatic rings. The van der Waals surface area contributed by atoms with Crippen LogP contribution in [0.15, 0.2) is 40.8 Å². The first kappa shape index (κ1) is 17.9. The first-order valence-corrected chi connectivity index (χ1v) is 8.62. The van der Waals surface area contributed by atoms with Crippen LogP contribution >= 0.6 is 0 Å². The lowest BCUT2D eigenvalue weighted by Gasteiger charge is -2.23. The highest BCUT2D eigenvalue weighted by atomic mass is 16.4. The van der Waals surface area contributed by atoms with Gasteiger partial charge in [0, 0.05) is 23.7 Å². The number of rotatable bonds is 7. The van der Waals surface area contributed by atoms with E-state index in [-0.39, 0.29) is 30.0 Å². The van der Waals surface area contributed by atoms with Crippen molar-refractivity contribution in [2.75, 3.05) is 6.54 Å². The summed E-state index contributed by atoms with van der Waals surface area (Å²) < 4.78 is 5.71. The van der Waals surface area contributed by atoms with Crippen molar-refractivity contribution < 1.29 is 23.9 Å². The van der Waals surface area contributed by atoms with Gasteiger partial charge in [-0.3, -0.25) is 14.4 Å². The smallest absolute Gasteiger partial charge is 0.308 e. The van der Waals surface area contributed by atoms with Crippen LogP contribution in [-0.2, 0) is 4.79 Å². The number of furan rings is 1. The summed E-state index contributed by atoms with van der Waals surface area (Å²) in [7, 11) is 0. The Morgan fingerprint density at radius 1 is 1.15 bits per heavy atom. The zero-order valence-electron chi connectivity index (χ0n) is 14.8. The van der Waals surface area contributed by atoms with Crippen molar-refractivity contribution in [2.24, 2.45) is 5.92 Å².